The van der Waals surface area contributed by atoms with Crippen LogP contribution in [0.15, 0.2) is 29.4 Å². The number of nitrogens with one attached hydrogen (secondary N) is 1. The summed E-state index contributed by atoms with van der Waals surface area (Å²) in [5.74, 6) is 1.26. The molecule has 0 fully saturated rings. The normalized spacial score (nSPS) is 11.8. The summed E-state index contributed by atoms with van der Waals surface area (Å²) in [7, 11) is 0. The molecule has 0 atom stereocenters. The average Bonchev–Trinajstić information content (AvgIpc) is 2.87. The molecule has 0 unspecified atom stereocenters. The number of nitrogens with zero attached hydrogens (tertiary/aromatic N) is 2. The summed E-state index contributed by atoms with van der Waals surface area (Å²) in [6, 6.07) is 5.05. The largest absolute Gasteiger partial charge is 0.416 e. The van der Waals surface area contributed by atoms with Crippen LogP contribution in [-0.4, -0.2) is 20.9 Å². The molecule has 7 heteroatoms. The van der Waals surface area contributed by atoms with Gasteiger partial charge in [-0.2, -0.15) is 13.2 Å². The number of hydrogen-bond acceptors (Lipinski definition) is 3. The van der Waals surface area contributed by atoms with Gasteiger partial charge in [-0.25, -0.2) is 4.98 Å². The molecule has 108 valence electrons. The summed E-state index contributed by atoms with van der Waals surface area (Å²) in [5.41, 5.74) is -0.304. The second-order valence-electron chi connectivity index (χ2n) is 4.25. The molecular weight excluding hydrogens is 287 g/mol. The minimum atomic E-state index is -4.35. The van der Waals surface area contributed by atoms with Crippen molar-refractivity contribution in [2.45, 2.75) is 31.1 Å². The molecule has 0 saturated heterocycles. The van der Waals surface area contributed by atoms with Gasteiger partial charge in [0.2, 0.25) is 5.16 Å². The van der Waals surface area contributed by atoms with Crippen LogP contribution < -0.4 is 0 Å². The van der Waals surface area contributed by atoms with E-state index in [2.05, 4.69) is 22.1 Å². The van der Waals surface area contributed by atoms with Crippen molar-refractivity contribution in [3.05, 3.63) is 29.8 Å². The predicted octanol–water partition coefficient (Wildman–Crippen LogP) is 4.38. The Balaban J connectivity index is 2.16. The van der Waals surface area contributed by atoms with Gasteiger partial charge in [0.1, 0.15) is 0 Å². The lowest BCUT2D eigenvalue weighted by atomic mass is 10.1. The van der Waals surface area contributed by atoms with Gasteiger partial charge in [0, 0.05) is 11.3 Å². The smallest absolute Gasteiger partial charge is 0.258 e. The monoisotopic (exact) mass is 301 g/mol. The third-order valence-corrected chi connectivity index (χ3v) is 3.59. The highest BCUT2D eigenvalue weighted by Crippen LogP contribution is 2.31. The summed E-state index contributed by atoms with van der Waals surface area (Å²) in [6.07, 6.45) is -2.22. The molecule has 1 aromatic carbocycles. The zero-order chi connectivity index (χ0) is 14.6. The summed E-state index contributed by atoms with van der Waals surface area (Å²) in [6.45, 7) is 2.09. The molecule has 2 aromatic rings. The molecule has 1 heterocycles. The summed E-state index contributed by atoms with van der Waals surface area (Å²) < 4.78 is 37.9. The molecule has 0 bridgehead atoms. The minimum Gasteiger partial charge on any atom is -0.258 e. The quantitative estimate of drug-likeness (QED) is 0.658. The summed E-state index contributed by atoms with van der Waals surface area (Å²) in [5, 5.41) is 7.24. The number of halogens is 3. The van der Waals surface area contributed by atoms with Crippen molar-refractivity contribution in [2.24, 2.45) is 0 Å². The van der Waals surface area contributed by atoms with E-state index < -0.39 is 11.7 Å². The van der Waals surface area contributed by atoms with E-state index in [1.165, 1.54) is 17.8 Å². The van der Waals surface area contributed by atoms with Crippen LogP contribution in [0, 0.1) is 0 Å². The van der Waals surface area contributed by atoms with Crippen LogP contribution in [0.3, 0.4) is 0 Å². The van der Waals surface area contributed by atoms with Gasteiger partial charge in [-0.1, -0.05) is 37.2 Å². The fraction of sp³-hybridized carbons (Fsp3) is 0.385. The Bertz CT molecular complexity index is 566. The van der Waals surface area contributed by atoms with Gasteiger partial charge in [-0.15, -0.1) is 5.10 Å². The van der Waals surface area contributed by atoms with Crippen LogP contribution in [0.1, 0.15) is 25.3 Å². The number of aromatic amines is 1. The highest BCUT2D eigenvalue weighted by molar-refractivity contribution is 7.99. The topological polar surface area (TPSA) is 41.6 Å². The highest BCUT2D eigenvalue weighted by atomic mass is 32.2. The van der Waals surface area contributed by atoms with E-state index in [9.17, 15) is 13.2 Å². The van der Waals surface area contributed by atoms with E-state index in [-0.39, 0.29) is 0 Å². The first-order chi connectivity index (χ1) is 9.50. The first kappa shape index (κ1) is 14.9. The van der Waals surface area contributed by atoms with Gasteiger partial charge in [-0.05, 0) is 18.6 Å². The lowest BCUT2D eigenvalue weighted by molar-refractivity contribution is -0.137. The van der Waals surface area contributed by atoms with Gasteiger partial charge < -0.3 is 0 Å². The van der Waals surface area contributed by atoms with Crippen molar-refractivity contribution < 1.29 is 13.2 Å². The fourth-order valence-corrected chi connectivity index (χ4v) is 2.47. The van der Waals surface area contributed by atoms with Crippen molar-refractivity contribution in [3.63, 3.8) is 0 Å². The van der Waals surface area contributed by atoms with Gasteiger partial charge in [0.15, 0.2) is 5.82 Å². The highest BCUT2D eigenvalue weighted by Gasteiger charge is 2.30. The number of alkyl halides is 3. The Labute approximate surface area is 119 Å². The van der Waals surface area contributed by atoms with E-state index in [0.29, 0.717) is 16.5 Å². The van der Waals surface area contributed by atoms with Crippen molar-refractivity contribution in [2.75, 3.05) is 5.75 Å². The Morgan fingerprint density at radius 3 is 2.80 bits per heavy atom. The molecule has 1 N–H and O–H groups in total. The zero-order valence-corrected chi connectivity index (χ0v) is 11.7. The molecule has 0 amide bonds. The SMILES string of the molecule is CCCCSc1n[nH]c(-c2cccc(C(F)(F)F)c2)n1. The zero-order valence-electron chi connectivity index (χ0n) is 10.9. The molecule has 1 aromatic heterocycles. The third-order valence-electron chi connectivity index (χ3n) is 2.66. The number of unbranched alkanes of at least 4 members (excludes halogenated alkanes) is 1. The number of H-pyrrole nitrogens is 1. The molecule has 0 aliphatic rings. The van der Waals surface area contributed by atoms with E-state index in [0.717, 1.165) is 30.7 Å². The summed E-state index contributed by atoms with van der Waals surface area (Å²) >= 11 is 1.49. The lowest BCUT2D eigenvalue weighted by Gasteiger charge is -2.06. The molecule has 0 saturated carbocycles. The standard InChI is InChI=1S/C13H14F3N3S/c1-2-3-7-20-12-17-11(18-19-12)9-5-4-6-10(8-9)13(14,15)16/h4-6,8H,2-3,7H2,1H3,(H,17,18,19). The maximum atomic E-state index is 12.6. The van der Waals surface area contributed by atoms with E-state index >= 15 is 0 Å². The van der Waals surface area contributed by atoms with Crippen LogP contribution in [0.4, 0.5) is 13.2 Å². The van der Waals surface area contributed by atoms with E-state index in [4.69, 9.17) is 0 Å². The predicted molar refractivity (Wildman–Crippen MR) is 72.5 cm³/mol. The molecule has 0 aliphatic carbocycles. The van der Waals surface area contributed by atoms with Crippen molar-refractivity contribution in [1.29, 1.82) is 0 Å². The first-order valence-electron chi connectivity index (χ1n) is 6.23. The van der Waals surface area contributed by atoms with Crippen LogP contribution in [0.25, 0.3) is 11.4 Å². The number of aromatic nitrogens is 3. The Hall–Kier alpha value is -1.50. The maximum Gasteiger partial charge on any atom is 0.416 e. The van der Waals surface area contributed by atoms with E-state index in [1.54, 1.807) is 6.07 Å². The van der Waals surface area contributed by atoms with Gasteiger partial charge >= 0.3 is 6.18 Å². The molecule has 3 nitrogen and oxygen atoms in total. The van der Waals surface area contributed by atoms with Crippen LogP contribution in [-0.2, 0) is 6.18 Å². The number of benzene rings is 1. The third kappa shape index (κ3) is 3.75. The lowest BCUT2D eigenvalue weighted by Crippen LogP contribution is -2.04. The van der Waals surface area contributed by atoms with Gasteiger partial charge in [-0.3, -0.25) is 5.10 Å². The molecule has 0 spiro atoms. The molecule has 20 heavy (non-hydrogen) atoms. The molecular formula is C13H14F3N3S. The molecule has 2 rings (SSSR count). The second kappa shape index (κ2) is 6.30. The maximum absolute atomic E-state index is 12.6. The second-order valence-corrected chi connectivity index (χ2v) is 5.31. The molecule has 0 aliphatic heterocycles. The Kier molecular flexibility index (Phi) is 4.69. The van der Waals surface area contributed by atoms with Crippen LogP contribution >= 0.6 is 11.8 Å². The van der Waals surface area contributed by atoms with Gasteiger partial charge in [0.25, 0.3) is 0 Å². The van der Waals surface area contributed by atoms with E-state index in [1.807, 2.05) is 0 Å². The van der Waals surface area contributed by atoms with Crippen molar-refractivity contribution in [3.8, 4) is 11.4 Å². The average molecular weight is 301 g/mol. The van der Waals surface area contributed by atoms with Gasteiger partial charge in [0.05, 0.1) is 5.56 Å². The van der Waals surface area contributed by atoms with Crippen LogP contribution in [0.2, 0.25) is 0 Å². The number of rotatable bonds is 5. The summed E-state index contributed by atoms with van der Waals surface area (Å²) in [4.78, 5) is 4.20. The minimum absolute atomic E-state index is 0.357. The first-order valence-corrected chi connectivity index (χ1v) is 7.22. The number of hydrogen-bond donors (Lipinski definition) is 1. The number of thioether (sulfide) groups is 1. The fourth-order valence-electron chi connectivity index (χ4n) is 1.59. The van der Waals surface area contributed by atoms with Crippen molar-refractivity contribution >= 4 is 11.8 Å². The Morgan fingerprint density at radius 1 is 1.30 bits per heavy atom. The Morgan fingerprint density at radius 2 is 2.10 bits per heavy atom. The van der Waals surface area contributed by atoms with Crippen molar-refractivity contribution in [1.82, 2.24) is 15.2 Å². The van der Waals surface area contributed by atoms with Crippen LogP contribution in [0.5, 0.6) is 0 Å². The molecule has 0 radical (unpaired) electrons.